The lowest BCUT2D eigenvalue weighted by Crippen LogP contribution is -2.15. The molecule has 0 aliphatic heterocycles. The van der Waals surface area contributed by atoms with Gasteiger partial charge in [0.05, 0.1) is 11.5 Å². The van der Waals surface area contributed by atoms with Crippen LogP contribution in [0.25, 0.3) is 0 Å². The third kappa shape index (κ3) is 5.93. The Morgan fingerprint density at radius 1 is 1.10 bits per heavy atom. The largest absolute Gasteiger partial charge is 0.493 e. The molecule has 120 valence electrons. The fourth-order valence-corrected chi connectivity index (χ4v) is 3.02. The summed E-state index contributed by atoms with van der Waals surface area (Å²) in [6.07, 6.45) is 7.02. The van der Waals surface area contributed by atoms with Crippen molar-refractivity contribution in [2.45, 2.75) is 57.3 Å². The molecule has 0 aliphatic rings. The van der Waals surface area contributed by atoms with Crippen molar-refractivity contribution in [2.24, 2.45) is 5.14 Å². The van der Waals surface area contributed by atoms with Crippen LogP contribution in [0.4, 0.5) is 5.69 Å². The lowest BCUT2D eigenvalue weighted by atomic mass is 10.1. The minimum Gasteiger partial charge on any atom is -0.493 e. The molecule has 6 heteroatoms. The topological polar surface area (TPSA) is 95.4 Å². The van der Waals surface area contributed by atoms with Gasteiger partial charge in [0.2, 0.25) is 10.0 Å². The average molecular weight is 314 g/mol. The predicted octanol–water partition coefficient (Wildman–Crippen LogP) is 2.96. The van der Waals surface area contributed by atoms with Gasteiger partial charge in [0, 0.05) is 17.3 Å². The molecule has 0 heterocycles. The summed E-state index contributed by atoms with van der Waals surface area (Å²) in [5.74, 6) is 0.493. The third-order valence-electron chi connectivity index (χ3n) is 3.40. The number of rotatable bonds is 9. The van der Waals surface area contributed by atoms with Crippen LogP contribution < -0.4 is 15.6 Å². The summed E-state index contributed by atoms with van der Waals surface area (Å²) in [5.41, 5.74) is 6.56. The molecule has 0 spiro atoms. The van der Waals surface area contributed by atoms with Crippen LogP contribution in [0.5, 0.6) is 5.75 Å². The molecule has 21 heavy (non-hydrogen) atoms. The lowest BCUT2D eigenvalue weighted by Gasteiger charge is -2.13. The zero-order valence-corrected chi connectivity index (χ0v) is 13.7. The highest BCUT2D eigenvalue weighted by Crippen LogP contribution is 2.28. The van der Waals surface area contributed by atoms with Gasteiger partial charge in [0.15, 0.2) is 0 Å². The van der Waals surface area contributed by atoms with Crippen molar-refractivity contribution in [1.29, 1.82) is 0 Å². The summed E-state index contributed by atoms with van der Waals surface area (Å²) < 4.78 is 28.7. The molecule has 0 aromatic heterocycles. The van der Waals surface area contributed by atoms with Crippen LogP contribution in [0.3, 0.4) is 0 Å². The quantitative estimate of drug-likeness (QED) is 0.541. The van der Waals surface area contributed by atoms with Gasteiger partial charge in [-0.05, 0) is 19.4 Å². The number of hydrogen-bond acceptors (Lipinski definition) is 4. The number of unbranched alkanes of at least 4 members (excludes halogenated alkanes) is 5. The van der Waals surface area contributed by atoms with E-state index in [1.54, 1.807) is 13.0 Å². The maximum absolute atomic E-state index is 11.5. The van der Waals surface area contributed by atoms with E-state index in [-0.39, 0.29) is 4.90 Å². The van der Waals surface area contributed by atoms with Crippen molar-refractivity contribution in [3.8, 4) is 5.75 Å². The van der Waals surface area contributed by atoms with Crippen LogP contribution in [0.15, 0.2) is 17.0 Å². The van der Waals surface area contributed by atoms with Crippen molar-refractivity contribution in [1.82, 2.24) is 0 Å². The van der Waals surface area contributed by atoms with Gasteiger partial charge in [-0.3, -0.25) is 0 Å². The summed E-state index contributed by atoms with van der Waals surface area (Å²) in [6.45, 7) is 4.42. The Labute approximate surface area is 127 Å². The summed E-state index contributed by atoms with van der Waals surface area (Å²) >= 11 is 0. The first-order chi connectivity index (χ1) is 9.86. The Hall–Kier alpha value is -1.27. The molecule has 0 bridgehead atoms. The Balaban J connectivity index is 2.58. The van der Waals surface area contributed by atoms with E-state index in [0.717, 1.165) is 12.8 Å². The number of primary sulfonamides is 1. The summed E-state index contributed by atoms with van der Waals surface area (Å²) in [4.78, 5) is 0.0282. The van der Waals surface area contributed by atoms with E-state index >= 15 is 0 Å². The van der Waals surface area contributed by atoms with Crippen LogP contribution >= 0.6 is 0 Å². The normalized spacial score (nSPS) is 11.6. The Kier molecular flexibility index (Phi) is 6.98. The number of ether oxygens (including phenoxy) is 1. The van der Waals surface area contributed by atoms with Gasteiger partial charge in [-0.15, -0.1) is 0 Å². The number of nitrogens with two attached hydrogens (primary N) is 2. The zero-order chi connectivity index (χ0) is 15.9. The lowest BCUT2D eigenvalue weighted by molar-refractivity contribution is 0.301. The van der Waals surface area contributed by atoms with Crippen molar-refractivity contribution in [3.05, 3.63) is 17.7 Å². The van der Waals surface area contributed by atoms with Gasteiger partial charge in [-0.1, -0.05) is 39.0 Å². The highest BCUT2D eigenvalue weighted by Gasteiger charge is 2.16. The van der Waals surface area contributed by atoms with E-state index in [1.165, 1.54) is 31.7 Å². The molecule has 4 N–H and O–H groups in total. The van der Waals surface area contributed by atoms with E-state index in [4.69, 9.17) is 15.6 Å². The van der Waals surface area contributed by atoms with Crippen molar-refractivity contribution < 1.29 is 13.2 Å². The molecule has 0 atom stereocenters. The molecule has 1 aromatic carbocycles. The second kappa shape index (κ2) is 8.24. The standard InChI is InChI=1S/C15H26N2O3S/c1-3-4-5-6-7-8-9-20-14-10-13(16)11-15(12(14)2)21(17,18)19/h10-11H,3-9,16H2,1-2H3,(H2,17,18,19). The van der Waals surface area contributed by atoms with Crippen LogP contribution in [0, 0.1) is 6.92 Å². The fraction of sp³-hybridized carbons (Fsp3) is 0.600. The monoisotopic (exact) mass is 314 g/mol. The molecule has 0 aliphatic carbocycles. The van der Waals surface area contributed by atoms with E-state index in [1.807, 2.05) is 0 Å². The van der Waals surface area contributed by atoms with E-state index < -0.39 is 10.0 Å². The first kappa shape index (κ1) is 17.8. The summed E-state index contributed by atoms with van der Waals surface area (Å²) in [6, 6.07) is 3.00. The SMILES string of the molecule is CCCCCCCCOc1cc(N)cc(S(N)(=O)=O)c1C. The molecular formula is C15H26N2O3S. The van der Waals surface area contributed by atoms with Crippen LogP contribution in [-0.2, 0) is 10.0 Å². The first-order valence-corrected chi connectivity index (χ1v) is 8.96. The van der Waals surface area contributed by atoms with Crippen LogP contribution in [0.1, 0.15) is 51.0 Å². The average Bonchev–Trinajstić information content (AvgIpc) is 2.39. The van der Waals surface area contributed by atoms with Crippen molar-refractivity contribution in [3.63, 3.8) is 0 Å². The predicted molar refractivity (Wildman–Crippen MR) is 85.8 cm³/mol. The molecule has 0 saturated carbocycles. The van der Waals surface area contributed by atoms with Crippen molar-refractivity contribution >= 4 is 15.7 Å². The number of hydrogen-bond donors (Lipinski definition) is 2. The second-order valence-electron chi connectivity index (χ2n) is 5.30. The minimum absolute atomic E-state index is 0.0282. The third-order valence-corrected chi connectivity index (χ3v) is 4.43. The molecule has 0 radical (unpaired) electrons. The second-order valence-corrected chi connectivity index (χ2v) is 6.83. The Morgan fingerprint density at radius 3 is 2.33 bits per heavy atom. The zero-order valence-electron chi connectivity index (χ0n) is 12.9. The number of sulfonamides is 1. The van der Waals surface area contributed by atoms with Gasteiger partial charge in [-0.25, -0.2) is 13.6 Å². The molecule has 1 rings (SSSR count). The summed E-state index contributed by atoms with van der Waals surface area (Å²) in [7, 11) is -3.78. The van der Waals surface area contributed by atoms with Gasteiger partial charge >= 0.3 is 0 Å². The summed E-state index contributed by atoms with van der Waals surface area (Å²) in [5, 5.41) is 5.18. The van der Waals surface area contributed by atoms with Crippen LogP contribution in [0.2, 0.25) is 0 Å². The van der Waals surface area contributed by atoms with Gasteiger partial charge < -0.3 is 10.5 Å². The highest BCUT2D eigenvalue weighted by atomic mass is 32.2. The number of nitrogen functional groups attached to an aromatic ring is 1. The van der Waals surface area contributed by atoms with Gasteiger partial charge in [0.1, 0.15) is 5.75 Å². The molecule has 0 amide bonds. The van der Waals surface area contributed by atoms with Crippen molar-refractivity contribution in [2.75, 3.05) is 12.3 Å². The molecule has 1 aromatic rings. The number of anilines is 1. The maximum Gasteiger partial charge on any atom is 0.238 e. The van der Waals surface area contributed by atoms with E-state index in [0.29, 0.717) is 23.6 Å². The van der Waals surface area contributed by atoms with E-state index in [2.05, 4.69) is 6.92 Å². The minimum atomic E-state index is -3.78. The Bertz CT molecular complexity index is 556. The van der Waals surface area contributed by atoms with Gasteiger partial charge in [0.25, 0.3) is 0 Å². The Morgan fingerprint density at radius 2 is 1.71 bits per heavy atom. The highest BCUT2D eigenvalue weighted by molar-refractivity contribution is 7.89. The fourth-order valence-electron chi connectivity index (χ4n) is 2.19. The van der Waals surface area contributed by atoms with E-state index in [9.17, 15) is 8.42 Å². The molecule has 0 saturated heterocycles. The van der Waals surface area contributed by atoms with Gasteiger partial charge in [-0.2, -0.15) is 0 Å². The number of benzene rings is 1. The van der Waals surface area contributed by atoms with Crippen LogP contribution in [-0.4, -0.2) is 15.0 Å². The molecule has 0 unspecified atom stereocenters. The first-order valence-electron chi connectivity index (χ1n) is 7.42. The smallest absolute Gasteiger partial charge is 0.238 e. The maximum atomic E-state index is 11.5. The molecular weight excluding hydrogens is 288 g/mol. The molecule has 0 fully saturated rings. The molecule has 5 nitrogen and oxygen atoms in total.